The van der Waals surface area contributed by atoms with Gasteiger partial charge in [0.25, 0.3) is 11.8 Å². The van der Waals surface area contributed by atoms with Crippen LogP contribution >= 0.6 is 0 Å². The van der Waals surface area contributed by atoms with Crippen molar-refractivity contribution < 1.29 is 88.2 Å². The molecule has 2 amide bonds. The average molecular weight is 1160 g/mol. The van der Waals surface area contributed by atoms with Crippen LogP contribution in [0.15, 0.2) is 109 Å². The van der Waals surface area contributed by atoms with Crippen molar-refractivity contribution in [1.29, 1.82) is 0 Å². The number of aromatic hydroxyl groups is 2. The minimum absolute atomic E-state index is 0.0531. The van der Waals surface area contributed by atoms with Crippen LogP contribution < -0.4 is 20.1 Å². The van der Waals surface area contributed by atoms with Crippen molar-refractivity contribution in [2.75, 3.05) is 27.2 Å². The smallest absolute Gasteiger partial charge is 0.329 e. The number of carboxylic acid groups (broad SMARTS) is 1. The highest BCUT2D eigenvalue weighted by Gasteiger charge is 2.73. The third-order valence-electron chi connectivity index (χ3n) is 18.3. The second-order valence-corrected chi connectivity index (χ2v) is 24.2. The van der Waals surface area contributed by atoms with E-state index in [1.54, 1.807) is 93.6 Å². The maximum atomic E-state index is 13.4. The Labute approximate surface area is 483 Å². The molecule has 2 fully saturated rings. The summed E-state index contributed by atoms with van der Waals surface area (Å²) < 4.78 is 29.5. The molecule has 0 unspecified atom stereocenters. The number of benzene rings is 4. The van der Waals surface area contributed by atoms with Gasteiger partial charge in [-0.05, 0) is 120 Å². The molecule has 2 saturated heterocycles. The number of nitrogens with one attached hydrogen (secondary N) is 2. The highest BCUT2D eigenvalue weighted by Crippen LogP contribution is 2.67. The lowest BCUT2D eigenvalue weighted by atomic mass is 9.50. The Kier molecular flexibility index (Phi) is 14.7. The standard InChI is InChI=1S/C33H38N2O9.C29H30N2O9/c1-31(2,3)44-30(40)20(34-29(39)26(38)18-8-6-5-7-9-18)17-24(37)42-22-12-13-33(41)23-16-19-10-11-21(36)27-25(19)32(33,28(22)43-27)14-15-35(23)4;1-31-12-11-28-22-16-7-8-18(32)24(22)40-25(28)19(9-10-29(28,38)20(31)13-16)39-21(33)14-17(27(36)37)30-26(35)23(34)15-5-3-2-4-6-15/h5-12,20,23,26,28,36,38,41H,13-17H2,1-4H3,(H,34,39);2-9,17,20,23,25,32,34,38H,10-14H2,1H3,(H,30,35)(H,36,37)/t20-,23+,26-,28-,32-,33+;17-,20+,23-,25-,28-,29+/m00/s1. The van der Waals surface area contributed by atoms with Gasteiger partial charge in [-0.1, -0.05) is 72.8 Å². The van der Waals surface area contributed by atoms with Crippen molar-refractivity contribution in [3.05, 3.63) is 142 Å². The molecule has 12 atom stereocenters. The zero-order valence-corrected chi connectivity index (χ0v) is 46.9. The molecule has 2 spiro atoms. The van der Waals surface area contributed by atoms with Crippen molar-refractivity contribution in [2.45, 2.75) is 148 Å². The maximum Gasteiger partial charge on any atom is 0.329 e. The first-order valence-electron chi connectivity index (χ1n) is 28.0. The topological polar surface area (TPSA) is 321 Å². The number of esters is 3. The van der Waals surface area contributed by atoms with E-state index >= 15 is 0 Å². The van der Waals surface area contributed by atoms with Gasteiger partial charge in [-0.3, -0.25) is 19.2 Å². The fraction of sp³-hybridized carbons (Fsp3) is 0.452. The van der Waals surface area contributed by atoms with E-state index in [-0.39, 0.29) is 65.0 Å². The third kappa shape index (κ3) is 9.42. The number of likely N-dealkylation sites (N-methyl/N-ethyl adjacent to an activating group) is 2. The number of carbonyl (C=O) groups is 6. The van der Waals surface area contributed by atoms with Crippen LogP contribution in [0, 0.1) is 0 Å². The molecule has 9 N–H and O–H groups in total. The largest absolute Gasteiger partial charge is 0.504 e. The van der Waals surface area contributed by atoms with Crippen molar-refractivity contribution in [1.82, 2.24) is 20.4 Å². The predicted octanol–water partition coefficient (Wildman–Crippen LogP) is 3.07. The van der Waals surface area contributed by atoms with Gasteiger partial charge >= 0.3 is 23.9 Å². The van der Waals surface area contributed by atoms with Crippen LogP contribution in [0.4, 0.5) is 0 Å². The number of aliphatic carboxylic acids is 1. The number of phenols is 2. The van der Waals surface area contributed by atoms with E-state index < -0.39 is 113 Å². The maximum absolute atomic E-state index is 13.4. The number of phenolic OH excluding ortho intramolecular Hbond substituents is 2. The molecular formula is C62H68N4O18. The summed E-state index contributed by atoms with van der Waals surface area (Å²) >= 11 is 0. The molecule has 8 aliphatic rings. The zero-order valence-electron chi connectivity index (χ0n) is 46.9. The van der Waals surface area contributed by atoms with E-state index in [0.717, 1.165) is 22.3 Å². The molecule has 4 aromatic rings. The van der Waals surface area contributed by atoms with E-state index in [4.69, 9.17) is 23.7 Å². The van der Waals surface area contributed by atoms with Gasteiger partial charge in [-0.25, -0.2) is 9.59 Å². The molecule has 4 heterocycles. The van der Waals surface area contributed by atoms with Gasteiger partial charge in [0.1, 0.15) is 29.2 Å². The Morgan fingerprint density at radius 3 is 1.44 bits per heavy atom. The highest BCUT2D eigenvalue weighted by atomic mass is 16.6. The van der Waals surface area contributed by atoms with Gasteiger partial charge in [0.2, 0.25) is 0 Å². The summed E-state index contributed by atoms with van der Waals surface area (Å²) in [6.45, 7) is 6.29. The lowest BCUT2D eigenvalue weighted by Gasteiger charge is -2.61. The van der Waals surface area contributed by atoms with Crippen molar-refractivity contribution in [2.24, 2.45) is 0 Å². The molecule has 4 aromatic carbocycles. The normalized spacial score (nSPS) is 28.7. The Morgan fingerprint density at radius 1 is 0.631 bits per heavy atom. The number of piperidine rings is 2. The minimum atomic E-state index is -1.66. The number of aliphatic hydroxyl groups excluding tert-OH is 2. The van der Waals surface area contributed by atoms with Crippen LogP contribution in [0.2, 0.25) is 0 Å². The molecule has 84 heavy (non-hydrogen) atoms. The number of nitrogens with zero attached hydrogens (tertiary/aromatic N) is 2. The number of ether oxygens (including phenoxy) is 5. The highest BCUT2D eigenvalue weighted by molar-refractivity contribution is 5.91. The number of carboxylic acids is 1. The van der Waals surface area contributed by atoms with Crippen LogP contribution in [0.1, 0.15) is 105 Å². The summed E-state index contributed by atoms with van der Waals surface area (Å²) in [5.41, 5.74) is -1.29. The number of carbonyl (C=O) groups excluding carboxylic acids is 5. The third-order valence-corrected chi connectivity index (χ3v) is 18.3. The lowest BCUT2D eigenvalue weighted by Crippen LogP contribution is -2.74. The number of hydrogen-bond acceptors (Lipinski definition) is 19. The van der Waals surface area contributed by atoms with Crippen LogP contribution in [-0.4, -0.2) is 162 Å². The van der Waals surface area contributed by atoms with E-state index in [1.165, 1.54) is 12.1 Å². The van der Waals surface area contributed by atoms with Crippen molar-refractivity contribution in [3.8, 4) is 23.0 Å². The summed E-state index contributed by atoms with van der Waals surface area (Å²) in [5, 5.41) is 81.0. The number of rotatable bonds is 14. The summed E-state index contributed by atoms with van der Waals surface area (Å²) in [4.78, 5) is 81.2. The SMILES string of the molecule is CN1CC[C@]23c4c5ccc(O)c4O[C@H]2C(OC(=O)C[C@H](NC(=O)[C@@H](O)c2ccccc2)C(=O)O)=CC[C@@]3(O)[C@H]1C5.CN1CC[C@]23c4c5ccc(O)c4O[C@H]2C(OC(=O)C[C@H](NC(=O)[C@@H](O)c2ccccc2)C(=O)OC(C)(C)C)=CC[C@@]3(O)[C@H]1C5. The second kappa shape index (κ2) is 21.3. The number of aliphatic hydroxyl groups is 4. The van der Waals surface area contributed by atoms with E-state index in [0.29, 0.717) is 44.3 Å². The van der Waals surface area contributed by atoms with Gasteiger partial charge in [0.05, 0.1) is 34.9 Å². The number of amides is 2. The Balaban J connectivity index is 0.000000176. The molecule has 4 aliphatic carbocycles. The van der Waals surface area contributed by atoms with Gasteiger partial charge < -0.3 is 79.9 Å². The quantitative estimate of drug-likeness (QED) is 0.0647. The van der Waals surface area contributed by atoms with E-state index in [1.807, 2.05) is 26.2 Å². The first-order valence-corrected chi connectivity index (χ1v) is 28.0. The molecule has 22 heteroatoms. The predicted molar refractivity (Wildman–Crippen MR) is 295 cm³/mol. The fourth-order valence-electron chi connectivity index (χ4n) is 14.4. The van der Waals surface area contributed by atoms with Crippen LogP contribution in [0.25, 0.3) is 0 Å². The van der Waals surface area contributed by atoms with E-state index in [9.17, 15) is 64.5 Å². The Hall–Kier alpha value is -7.86. The van der Waals surface area contributed by atoms with Crippen LogP contribution in [0.5, 0.6) is 23.0 Å². The molecule has 4 bridgehead atoms. The fourth-order valence-corrected chi connectivity index (χ4v) is 14.4. The zero-order chi connectivity index (χ0) is 60.0. The number of likely N-dealkylation sites (tertiary alicyclic amines) is 2. The molecule has 0 saturated carbocycles. The summed E-state index contributed by atoms with van der Waals surface area (Å²) in [7, 11) is 3.94. The van der Waals surface area contributed by atoms with Crippen LogP contribution in [-0.2, 0) is 66.6 Å². The summed E-state index contributed by atoms with van der Waals surface area (Å²) in [6, 6.07) is 19.5. The average Bonchev–Trinajstić information content (AvgIpc) is 1.41. The molecule has 22 nitrogen and oxygen atoms in total. The monoisotopic (exact) mass is 1160 g/mol. The molecule has 444 valence electrons. The Morgan fingerprint density at radius 2 is 1.04 bits per heavy atom. The summed E-state index contributed by atoms with van der Waals surface area (Å²) in [5.74, 6) is -5.23. The first-order chi connectivity index (χ1) is 39.8. The molecular weight excluding hydrogens is 1090 g/mol. The molecule has 0 radical (unpaired) electrons. The minimum Gasteiger partial charge on any atom is -0.504 e. The summed E-state index contributed by atoms with van der Waals surface area (Å²) in [6.07, 6.45) is -0.544. The molecule has 12 rings (SSSR count). The van der Waals surface area contributed by atoms with Gasteiger partial charge in [-0.2, -0.15) is 0 Å². The first kappa shape index (κ1) is 57.9. The van der Waals surface area contributed by atoms with Gasteiger partial charge in [0.15, 0.2) is 47.4 Å². The van der Waals surface area contributed by atoms with E-state index in [2.05, 4.69) is 20.4 Å². The second-order valence-electron chi connectivity index (χ2n) is 24.2. The van der Waals surface area contributed by atoms with Crippen molar-refractivity contribution in [3.63, 3.8) is 0 Å². The lowest BCUT2D eigenvalue weighted by molar-refractivity contribution is -0.170. The molecule has 0 aromatic heterocycles. The van der Waals surface area contributed by atoms with Crippen LogP contribution in [0.3, 0.4) is 0 Å². The molecule has 4 aliphatic heterocycles. The van der Waals surface area contributed by atoms with Gasteiger partial charge in [0, 0.05) is 36.1 Å². The Bertz CT molecular complexity index is 3400. The van der Waals surface area contributed by atoms with Crippen molar-refractivity contribution >= 4 is 35.7 Å². The number of hydrogen-bond donors (Lipinski definition) is 9. The van der Waals surface area contributed by atoms with Gasteiger partial charge in [-0.15, -0.1) is 0 Å².